The molecule has 0 saturated carbocycles. The van der Waals surface area contributed by atoms with Crippen LogP contribution in [0.4, 0.5) is 0 Å². The molecule has 1 aromatic heterocycles. The number of hydrogen-bond acceptors (Lipinski definition) is 3. The van der Waals surface area contributed by atoms with Crippen molar-refractivity contribution in [3.05, 3.63) is 29.1 Å². The molecule has 2 N–H and O–H groups in total. The Bertz CT molecular complexity index is 366. The van der Waals surface area contributed by atoms with Crippen LogP contribution in [0.5, 0.6) is 0 Å². The van der Waals surface area contributed by atoms with Crippen molar-refractivity contribution < 1.29 is 19.8 Å². The van der Waals surface area contributed by atoms with Gasteiger partial charge in [0.2, 0.25) is 0 Å². The van der Waals surface area contributed by atoms with Crippen molar-refractivity contribution in [1.82, 2.24) is 4.98 Å². The fourth-order valence-electron chi connectivity index (χ4n) is 1.30. The standard InChI is InChI=1S/C10H11NO4/c1-6-7(2-9(12)13)4-11-5-8(6)3-10(14)15/h4-5H,2-3H2,1H3,(H,12,13)(H,14,15). The summed E-state index contributed by atoms with van der Waals surface area (Å²) >= 11 is 0. The van der Waals surface area contributed by atoms with Crippen LogP contribution < -0.4 is 0 Å². The third kappa shape index (κ3) is 3.05. The summed E-state index contributed by atoms with van der Waals surface area (Å²) in [6, 6.07) is 0. The Morgan fingerprint density at radius 2 is 1.53 bits per heavy atom. The van der Waals surface area contributed by atoms with Crippen LogP contribution in [0.25, 0.3) is 0 Å². The molecule has 0 aliphatic heterocycles. The lowest BCUT2D eigenvalue weighted by molar-refractivity contribution is -0.137. The Labute approximate surface area is 86.4 Å². The molecule has 0 saturated heterocycles. The van der Waals surface area contributed by atoms with E-state index in [2.05, 4.69) is 4.98 Å². The molecule has 0 amide bonds. The number of pyridine rings is 1. The maximum atomic E-state index is 10.5. The Morgan fingerprint density at radius 1 is 1.13 bits per heavy atom. The Balaban J connectivity index is 2.99. The molecule has 0 aliphatic carbocycles. The van der Waals surface area contributed by atoms with E-state index in [-0.39, 0.29) is 12.8 Å². The van der Waals surface area contributed by atoms with Gasteiger partial charge in [-0.15, -0.1) is 0 Å². The summed E-state index contributed by atoms with van der Waals surface area (Å²) < 4.78 is 0. The van der Waals surface area contributed by atoms with E-state index in [9.17, 15) is 9.59 Å². The van der Waals surface area contributed by atoms with Gasteiger partial charge in [0, 0.05) is 12.4 Å². The predicted octanol–water partition coefficient (Wildman–Crippen LogP) is 0.644. The summed E-state index contributed by atoms with van der Waals surface area (Å²) in [6.07, 6.45) is 2.64. The lowest BCUT2D eigenvalue weighted by Crippen LogP contribution is -2.07. The van der Waals surface area contributed by atoms with E-state index in [1.165, 1.54) is 12.4 Å². The van der Waals surface area contributed by atoms with Gasteiger partial charge >= 0.3 is 11.9 Å². The molecule has 80 valence electrons. The second-order valence-electron chi connectivity index (χ2n) is 3.22. The van der Waals surface area contributed by atoms with Crippen molar-refractivity contribution in [3.8, 4) is 0 Å². The van der Waals surface area contributed by atoms with E-state index >= 15 is 0 Å². The van der Waals surface area contributed by atoms with Gasteiger partial charge in [-0.25, -0.2) is 0 Å². The maximum absolute atomic E-state index is 10.5. The molecule has 1 heterocycles. The van der Waals surface area contributed by atoms with Crippen LogP contribution in [0.2, 0.25) is 0 Å². The molecular formula is C10H11NO4. The van der Waals surface area contributed by atoms with Crippen LogP contribution >= 0.6 is 0 Å². The first-order valence-electron chi connectivity index (χ1n) is 4.36. The third-order valence-corrected chi connectivity index (χ3v) is 2.11. The fraction of sp³-hybridized carbons (Fsp3) is 0.300. The van der Waals surface area contributed by atoms with Gasteiger partial charge in [0.1, 0.15) is 0 Å². The number of aliphatic carboxylic acids is 2. The lowest BCUT2D eigenvalue weighted by atomic mass is 10.0. The second-order valence-corrected chi connectivity index (χ2v) is 3.22. The molecule has 5 heteroatoms. The minimum atomic E-state index is -0.952. The quantitative estimate of drug-likeness (QED) is 0.759. The smallest absolute Gasteiger partial charge is 0.307 e. The summed E-state index contributed by atoms with van der Waals surface area (Å²) in [5.74, 6) is -1.90. The van der Waals surface area contributed by atoms with Gasteiger partial charge in [-0.1, -0.05) is 0 Å². The largest absolute Gasteiger partial charge is 0.481 e. The summed E-state index contributed by atoms with van der Waals surface area (Å²) in [6.45, 7) is 1.71. The second kappa shape index (κ2) is 4.54. The van der Waals surface area contributed by atoms with E-state index < -0.39 is 11.9 Å². The zero-order valence-electron chi connectivity index (χ0n) is 8.23. The zero-order valence-corrected chi connectivity index (χ0v) is 8.23. The van der Waals surface area contributed by atoms with E-state index in [1.807, 2.05) is 0 Å². The van der Waals surface area contributed by atoms with Crippen molar-refractivity contribution in [2.24, 2.45) is 0 Å². The average molecular weight is 209 g/mol. The highest BCUT2D eigenvalue weighted by molar-refractivity contribution is 5.73. The SMILES string of the molecule is Cc1c(CC(=O)O)cncc1CC(=O)O. The molecule has 0 atom stereocenters. The number of carbonyl (C=O) groups is 2. The van der Waals surface area contributed by atoms with E-state index in [0.29, 0.717) is 16.7 Å². The lowest BCUT2D eigenvalue weighted by Gasteiger charge is -2.06. The molecule has 0 fully saturated rings. The Kier molecular flexibility index (Phi) is 3.38. The van der Waals surface area contributed by atoms with Gasteiger partial charge < -0.3 is 10.2 Å². The minimum Gasteiger partial charge on any atom is -0.481 e. The van der Waals surface area contributed by atoms with Gasteiger partial charge in [0.25, 0.3) is 0 Å². The molecule has 1 aromatic rings. The normalized spacial score (nSPS) is 9.93. The maximum Gasteiger partial charge on any atom is 0.307 e. The number of nitrogens with zero attached hydrogens (tertiary/aromatic N) is 1. The molecule has 0 aromatic carbocycles. The number of hydrogen-bond donors (Lipinski definition) is 2. The average Bonchev–Trinajstić information content (AvgIpc) is 2.10. The van der Waals surface area contributed by atoms with Crippen LogP contribution in [0.15, 0.2) is 12.4 Å². The monoisotopic (exact) mass is 209 g/mol. The first-order valence-corrected chi connectivity index (χ1v) is 4.36. The van der Waals surface area contributed by atoms with Crippen molar-refractivity contribution in [2.45, 2.75) is 19.8 Å². The number of rotatable bonds is 4. The molecule has 0 unspecified atom stereocenters. The first-order chi connectivity index (χ1) is 7.00. The van der Waals surface area contributed by atoms with Gasteiger partial charge in [0.05, 0.1) is 12.8 Å². The van der Waals surface area contributed by atoms with Gasteiger partial charge in [0.15, 0.2) is 0 Å². The van der Waals surface area contributed by atoms with Crippen molar-refractivity contribution in [1.29, 1.82) is 0 Å². The zero-order chi connectivity index (χ0) is 11.4. The molecular weight excluding hydrogens is 198 g/mol. The van der Waals surface area contributed by atoms with Gasteiger partial charge in [-0.05, 0) is 23.6 Å². The topological polar surface area (TPSA) is 87.5 Å². The van der Waals surface area contributed by atoms with Crippen LogP contribution in [-0.4, -0.2) is 27.1 Å². The van der Waals surface area contributed by atoms with Crippen LogP contribution in [-0.2, 0) is 22.4 Å². The molecule has 15 heavy (non-hydrogen) atoms. The highest BCUT2D eigenvalue weighted by atomic mass is 16.4. The fourth-order valence-corrected chi connectivity index (χ4v) is 1.30. The highest BCUT2D eigenvalue weighted by Crippen LogP contribution is 2.13. The number of carboxylic acids is 2. The van der Waals surface area contributed by atoms with E-state index in [4.69, 9.17) is 10.2 Å². The first kappa shape index (κ1) is 11.2. The molecule has 1 rings (SSSR count). The number of aromatic nitrogens is 1. The minimum absolute atomic E-state index is 0.133. The summed E-state index contributed by atoms with van der Waals surface area (Å²) in [7, 11) is 0. The van der Waals surface area contributed by atoms with Gasteiger partial charge in [-0.3, -0.25) is 14.6 Å². The van der Waals surface area contributed by atoms with E-state index in [1.54, 1.807) is 6.92 Å². The summed E-state index contributed by atoms with van der Waals surface area (Å²) in [5, 5.41) is 17.2. The van der Waals surface area contributed by atoms with Crippen molar-refractivity contribution in [2.75, 3.05) is 0 Å². The van der Waals surface area contributed by atoms with Crippen LogP contribution in [0.1, 0.15) is 16.7 Å². The summed E-state index contributed by atoms with van der Waals surface area (Å²) in [5.41, 5.74) is 1.80. The van der Waals surface area contributed by atoms with Gasteiger partial charge in [-0.2, -0.15) is 0 Å². The molecule has 0 radical (unpaired) electrons. The predicted molar refractivity (Wildman–Crippen MR) is 51.7 cm³/mol. The molecule has 5 nitrogen and oxygen atoms in total. The van der Waals surface area contributed by atoms with Crippen LogP contribution in [0.3, 0.4) is 0 Å². The van der Waals surface area contributed by atoms with E-state index in [0.717, 1.165) is 0 Å². The molecule has 0 spiro atoms. The summed E-state index contributed by atoms with van der Waals surface area (Å²) in [4.78, 5) is 24.8. The van der Waals surface area contributed by atoms with Crippen LogP contribution in [0, 0.1) is 6.92 Å². The number of carboxylic acid groups (broad SMARTS) is 2. The van der Waals surface area contributed by atoms with Crippen molar-refractivity contribution >= 4 is 11.9 Å². The Hall–Kier alpha value is -1.91. The Morgan fingerprint density at radius 3 is 1.87 bits per heavy atom. The molecule has 0 bridgehead atoms. The highest BCUT2D eigenvalue weighted by Gasteiger charge is 2.10. The molecule has 0 aliphatic rings. The third-order valence-electron chi connectivity index (χ3n) is 2.11. The van der Waals surface area contributed by atoms with Crippen molar-refractivity contribution in [3.63, 3.8) is 0 Å².